The van der Waals surface area contributed by atoms with E-state index in [0.717, 1.165) is 29.5 Å². The molecule has 1 fully saturated rings. The Kier molecular flexibility index (Phi) is 9.63. The molecule has 2 aromatic heterocycles. The lowest BCUT2D eigenvalue weighted by molar-refractivity contribution is 0.196. The van der Waals surface area contributed by atoms with Gasteiger partial charge in [0.25, 0.3) is 15.9 Å². The maximum atomic E-state index is 13.6. The summed E-state index contributed by atoms with van der Waals surface area (Å²) in [7, 11) is -5.63. The Morgan fingerprint density at radius 1 is 1.00 bits per heavy atom. The number of aromatic nitrogens is 3. The number of rotatable bonds is 13. The van der Waals surface area contributed by atoms with Gasteiger partial charge in [0, 0.05) is 18.5 Å². The summed E-state index contributed by atoms with van der Waals surface area (Å²) < 4.78 is 74.7. The average Bonchev–Trinajstić information content (AvgIpc) is 3.85. The summed E-state index contributed by atoms with van der Waals surface area (Å²) >= 11 is 0. The molecule has 236 valence electrons. The third-order valence-corrected chi connectivity index (χ3v) is 8.65. The molecule has 1 atom stereocenters. The highest BCUT2D eigenvalue weighted by molar-refractivity contribution is 7.92. The molecule has 0 saturated heterocycles. The summed E-state index contributed by atoms with van der Waals surface area (Å²) in [4.78, 5) is 13.3. The summed E-state index contributed by atoms with van der Waals surface area (Å²) in [5, 5.41) is -0.224. The number of nitrogens with zero attached hydrogens (tertiary/aromatic N) is 4. The van der Waals surface area contributed by atoms with Crippen LogP contribution < -0.4 is 18.9 Å². The summed E-state index contributed by atoms with van der Waals surface area (Å²) in [5.74, 6) is 0.392. The Morgan fingerprint density at radius 3 is 2.31 bits per heavy atom. The fourth-order valence-electron chi connectivity index (χ4n) is 4.35. The van der Waals surface area contributed by atoms with Crippen LogP contribution in [0, 0.1) is 6.92 Å². The van der Waals surface area contributed by atoms with Crippen molar-refractivity contribution in [2.75, 3.05) is 11.8 Å². The Balaban J connectivity index is 1.62. The molecule has 1 saturated carbocycles. The quantitative estimate of drug-likeness (QED) is 0.187. The molecule has 45 heavy (non-hydrogen) atoms. The Hall–Kier alpha value is -4.56. The topological polar surface area (TPSA) is 159 Å². The maximum Gasteiger partial charge on any atom is 0.314 e. The highest BCUT2D eigenvalue weighted by atomic mass is 32.2. The molecule has 4 aromatic rings. The number of anilines is 1. The predicted molar refractivity (Wildman–Crippen MR) is 167 cm³/mol. The zero-order valence-corrected chi connectivity index (χ0v) is 26.8. The first-order valence-electron chi connectivity index (χ1n) is 14.3. The number of sulfonamides is 1. The Labute approximate surface area is 263 Å². The van der Waals surface area contributed by atoms with Crippen molar-refractivity contribution >= 4 is 26.3 Å². The fourth-order valence-corrected chi connectivity index (χ4v) is 5.59. The van der Waals surface area contributed by atoms with E-state index in [9.17, 15) is 16.8 Å². The van der Waals surface area contributed by atoms with E-state index in [4.69, 9.17) is 14.2 Å². The number of ether oxygens (including phenoxy) is 3. The van der Waals surface area contributed by atoms with E-state index >= 15 is 0 Å². The Bertz CT molecular complexity index is 1900. The van der Waals surface area contributed by atoms with Crippen LogP contribution in [0.15, 0.2) is 76.2 Å². The number of para-hydroxylation sites is 2. The molecule has 0 spiro atoms. The Morgan fingerprint density at radius 2 is 1.71 bits per heavy atom. The van der Waals surface area contributed by atoms with E-state index in [2.05, 4.69) is 24.0 Å². The minimum Gasteiger partial charge on any atom is -0.493 e. The molecule has 1 N–H and O–H groups in total. The van der Waals surface area contributed by atoms with E-state index in [0.29, 0.717) is 11.6 Å². The summed E-state index contributed by atoms with van der Waals surface area (Å²) in [6.45, 7) is 5.90. The molecular formula is C31H33N5O7S2. The van der Waals surface area contributed by atoms with Crippen molar-refractivity contribution in [3.63, 3.8) is 0 Å². The van der Waals surface area contributed by atoms with Gasteiger partial charge in [0.1, 0.15) is 5.82 Å². The number of hydrogen-bond acceptors (Lipinski definition) is 11. The molecule has 1 unspecified atom stereocenters. The van der Waals surface area contributed by atoms with Gasteiger partial charge in [-0.15, -0.1) is 4.36 Å². The zero-order chi connectivity index (χ0) is 32.1. The van der Waals surface area contributed by atoms with Crippen molar-refractivity contribution in [3.05, 3.63) is 89.4 Å². The highest BCUT2D eigenvalue weighted by Crippen LogP contribution is 2.45. The highest BCUT2D eigenvalue weighted by Gasteiger charge is 2.33. The molecule has 0 bridgehead atoms. The van der Waals surface area contributed by atoms with Crippen molar-refractivity contribution in [2.45, 2.75) is 63.1 Å². The van der Waals surface area contributed by atoms with E-state index in [-0.39, 0.29) is 46.5 Å². The molecule has 1 aliphatic carbocycles. The summed E-state index contributed by atoms with van der Waals surface area (Å²) in [6.07, 6.45) is 1.92. The second-order valence-corrected chi connectivity index (χ2v) is 13.1. The van der Waals surface area contributed by atoms with Crippen molar-refractivity contribution in [2.24, 2.45) is 4.36 Å². The minimum atomic E-state index is -4.27. The number of pyridine rings is 1. The predicted octanol–water partition coefficient (Wildman–Crippen LogP) is 5.79. The number of hydrogen-bond donors (Lipinski definition) is 1. The first kappa shape index (κ1) is 31.9. The molecule has 5 rings (SSSR count). The number of benzene rings is 2. The molecule has 2 heterocycles. The van der Waals surface area contributed by atoms with E-state index < -0.39 is 26.8 Å². The SMILES string of the molecule is COc1ccccc1Oc1c(NS(=O)(=O)c2ccc(C(C)C)cn2)nc(C2CC2)nc1OC(Cc1ccc(C)cc1)N=S(=O)=O. The average molecular weight is 652 g/mol. The van der Waals surface area contributed by atoms with Crippen molar-refractivity contribution in [1.29, 1.82) is 0 Å². The van der Waals surface area contributed by atoms with Gasteiger partial charge in [0.2, 0.25) is 12.0 Å². The normalized spacial score (nSPS) is 13.6. The van der Waals surface area contributed by atoms with Crippen LogP contribution in [0.5, 0.6) is 23.1 Å². The smallest absolute Gasteiger partial charge is 0.314 e. The summed E-state index contributed by atoms with van der Waals surface area (Å²) in [6, 6.07) is 17.3. The lowest BCUT2D eigenvalue weighted by Crippen LogP contribution is -2.21. The lowest BCUT2D eigenvalue weighted by atomic mass is 10.1. The van der Waals surface area contributed by atoms with Gasteiger partial charge >= 0.3 is 10.5 Å². The lowest BCUT2D eigenvalue weighted by Gasteiger charge is -2.20. The van der Waals surface area contributed by atoms with Gasteiger partial charge < -0.3 is 14.2 Å². The first-order valence-corrected chi connectivity index (χ1v) is 16.8. The summed E-state index contributed by atoms with van der Waals surface area (Å²) in [5.41, 5.74) is 2.67. The van der Waals surface area contributed by atoms with Crippen molar-refractivity contribution < 1.29 is 31.0 Å². The monoisotopic (exact) mass is 651 g/mol. The number of aryl methyl sites for hydroxylation is 1. The number of nitrogens with one attached hydrogen (secondary N) is 1. The van der Waals surface area contributed by atoms with E-state index in [1.54, 1.807) is 30.3 Å². The minimum absolute atomic E-state index is 0.0412. The zero-order valence-electron chi connectivity index (χ0n) is 25.2. The van der Waals surface area contributed by atoms with Crippen LogP contribution >= 0.6 is 0 Å². The van der Waals surface area contributed by atoms with Crippen LogP contribution in [-0.2, 0) is 26.9 Å². The fraction of sp³-hybridized carbons (Fsp3) is 0.323. The first-order chi connectivity index (χ1) is 21.5. The second kappa shape index (κ2) is 13.6. The van der Waals surface area contributed by atoms with E-state index in [1.807, 2.05) is 45.0 Å². The van der Waals surface area contributed by atoms with Gasteiger partial charge in [-0.1, -0.05) is 61.9 Å². The largest absolute Gasteiger partial charge is 0.493 e. The van der Waals surface area contributed by atoms with Crippen molar-refractivity contribution in [3.8, 4) is 23.1 Å². The third kappa shape index (κ3) is 8.13. The number of methoxy groups -OCH3 is 1. The van der Waals surface area contributed by atoms with Crippen molar-refractivity contribution in [1.82, 2.24) is 15.0 Å². The molecule has 0 aliphatic heterocycles. The standard InChI is InChI=1S/C31H33N5O7S2/c1-19(2)23-15-16-27(32-18-23)45(39,40)36-30-28(42-25-8-6-5-7-24(25)41-4)31(34-29(33-30)22-13-14-22)43-26(35-44(37)38)17-21-11-9-20(3)10-12-21/h5-12,15-16,18-19,22,26H,13-14,17H2,1-4H3,(H,33,34,36). The molecule has 14 heteroatoms. The van der Waals surface area contributed by atoms with Crippen LogP contribution in [0.1, 0.15) is 61.0 Å². The van der Waals surface area contributed by atoms with Crippen LogP contribution in [0.2, 0.25) is 0 Å². The van der Waals surface area contributed by atoms with Gasteiger partial charge in [-0.2, -0.15) is 21.8 Å². The van der Waals surface area contributed by atoms with Gasteiger partial charge in [-0.3, -0.25) is 4.72 Å². The van der Waals surface area contributed by atoms with Gasteiger partial charge in [-0.25, -0.2) is 9.97 Å². The molecule has 0 radical (unpaired) electrons. The van der Waals surface area contributed by atoms with Gasteiger partial charge in [0.05, 0.1) is 7.11 Å². The molecular weight excluding hydrogens is 619 g/mol. The van der Waals surface area contributed by atoms with E-state index in [1.165, 1.54) is 19.4 Å². The molecule has 12 nitrogen and oxygen atoms in total. The molecule has 0 amide bonds. The van der Waals surface area contributed by atoms with Crippen LogP contribution in [0.25, 0.3) is 0 Å². The third-order valence-electron chi connectivity index (χ3n) is 6.99. The maximum absolute atomic E-state index is 13.6. The molecule has 1 aliphatic rings. The van der Waals surface area contributed by atoms with Gasteiger partial charge in [-0.05, 0) is 55.0 Å². The van der Waals surface area contributed by atoms with Crippen LogP contribution in [0.3, 0.4) is 0 Å². The van der Waals surface area contributed by atoms with Gasteiger partial charge in [0.15, 0.2) is 22.3 Å². The van der Waals surface area contributed by atoms with Crippen LogP contribution in [0.4, 0.5) is 5.82 Å². The molecule has 2 aromatic carbocycles. The second-order valence-electron chi connectivity index (χ2n) is 10.9. The van der Waals surface area contributed by atoms with Crippen LogP contribution in [-0.4, -0.2) is 45.1 Å².